The van der Waals surface area contributed by atoms with Gasteiger partial charge >= 0.3 is 6.03 Å². The van der Waals surface area contributed by atoms with Gasteiger partial charge < -0.3 is 15.5 Å². The van der Waals surface area contributed by atoms with E-state index in [1.807, 2.05) is 4.90 Å². The van der Waals surface area contributed by atoms with Gasteiger partial charge in [0, 0.05) is 18.6 Å². The van der Waals surface area contributed by atoms with E-state index < -0.39 is 11.6 Å². The predicted molar refractivity (Wildman–Crippen MR) is 82.6 cm³/mol. The molecule has 4 rings (SSSR count). The normalized spacial score (nSPS) is 32.5. The summed E-state index contributed by atoms with van der Waals surface area (Å²) in [6, 6.07) is 0.0606. The van der Waals surface area contributed by atoms with Gasteiger partial charge in [-0.3, -0.25) is 14.5 Å². The maximum atomic E-state index is 12.8. The molecular weight excluding hydrogens is 296 g/mol. The summed E-state index contributed by atoms with van der Waals surface area (Å²) in [6.45, 7) is 1.63. The first-order valence-electron chi connectivity index (χ1n) is 8.77. The molecule has 1 spiro atoms. The van der Waals surface area contributed by atoms with E-state index >= 15 is 0 Å². The molecule has 4 fully saturated rings. The van der Waals surface area contributed by atoms with Crippen LogP contribution in [0.25, 0.3) is 0 Å². The minimum Gasteiger partial charge on any atom is -0.334 e. The van der Waals surface area contributed by atoms with Crippen molar-refractivity contribution >= 4 is 17.8 Å². The molecule has 0 aromatic carbocycles. The zero-order chi connectivity index (χ0) is 16.0. The molecule has 0 radical (unpaired) electrons. The molecule has 7 nitrogen and oxygen atoms in total. The van der Waals surface area contributed by atoms with Crippen LogP contribution in [0.2, 0.25) is 0 Å². The van der Waals surface area contributed by atoms with Gasteiger partial charge in [-0.15, -0.1) is 0 Å². The second-order valence-corrected chi connectivity index (χ2v) is 7.29. The van der Waals surface area contributed by atoms with Crippen molar-refractivity contribution in [1.29, 1.82) is 0 Å². The number of carbonyl (C=O) groups is 3. The number of urea groups is 1. The number of hydrogen-bond donors (Lipinski definition) is 2. The van der Waals surface area contributed by atoms with Crippen LogP contribution in [0.1, 0.15) is 44.9 Å². The van der Waals surface area contributed by atoms with E-state index in [1.54, 1.807) is 0 Å². The van der Waals surface area contributed by atoms with Gasteiger partial charge in [-0.25, -0.2) is 4.79 Å². The molecule has 23 heavy (non-hydrogen) atoms. The summed E-state index contributed by atoms with van der Waals surface area (Å²) in [7, 11) is 0. The molecule has 1 aliphatic carbocycles. The van der Waals surface area contributed by atoms with Crippen molar-refractivity contribution in [2.45, 2.75) is 62.6 Å². The highest BCUT2D eigenvalue weighted by Gasteiger charge is 2.53. The first-order valence-corrected chi connectivity index (χ1v) is 8.77. The van der Waals surface area contributed by atoms with Crippen LogP contribution in [0, 0.1) is 0 Å². The smallest absolute Gasteiger partial charge is 0.325 e. The lowest BCUT2D eigenvalue weighted by Crippen LogP contribution is -2.49. The minimum absolute atomic E-state index is 0.0836. The molecule has 1 saturated carbocycles. The standard InChI is InChI=1S/C16H24N4O3/c21-13(20-11-3-4-12(20)9-17-8-5-11)10-19-14(22)16(18-15(19)23)6-1-2-7-16/h11-12,17H,1-10H2,(H,18,23). The Bertz CT molecular complexity index is 529. The van der Waals surface area contributed by atoms with Gasteiger partial charge in [0.15, 0.2) is 0 Å². The number of imide groups is 1. The van der Waals surface area contributed by atoms with E-state index in [9.17, 15) is 14.4 Å². The van der Waals surface area contributed by atoms with Crippen LogP contribution in [0.3, 0.4) is 0 Å². The first-order chi connectivity index (χ1) is 11.1. The average molecular weight is 320 g/mol. The summed E-state index contributed by atoms with van der Waals surface area (Å²) >= 11 is 0. The molecule has 4 amide bonds. The number of amides is 4. The number of hydrogen-bond acceptors (Lipinski definition) is 4. The number of fused-ring (bicyclic) bond motifs is 2. The summed E-state index contributed by atoms with van der Waals surface area (Å²) in [4.78, 5) is 40.7. The minimum atomic E-state index is -0.726. The second-order valence-electron chi connectivity index (χ2n) is 7.29. The summed E-state index contributed by atoms with van der Waals surface area (Å²) in [5.41, 5.74) is -0.726. The molecule has 3 aliphatic heterocycles. The summed E-state index contributed by atoms with van der Waals surface area (Å²) in [5, 5.41) is 6.20. The van der Waals surface area contributed by atoms with E-state index in [1.165, 1.54) is 0 Å². The maximum Gasteiger partial charge on any atom is 0.325 e. The summed E-state index contributed by atoms with van der Waals surface area (Å²) < 4.78 is 0. The summed E-state index contributed by atoms with van der Waals surface area (Å²) in [6.07, 6.45) is 6.29. The lowest BCUT2D eigenvalue weighted by atomic mass is 9.98. The lowest BCUT2D eigenvalue weighted by Gasteiger charge is -2.29. The lowest BCUT2D eigenvalue weighted by molar-refractivity contribution is -0.140. The largest absolute Gasteiger partial charge is 0.334 e. The highest BCUT2D eigenvalue weighted by atomic mass is 16.2. The number of rotatable bonds is 2. The molecule has 7 heteroatoms. The van der Waals surface area contributed by atoms with Gasteiger partial charge in [0.2, 0.25) is 5.91 Å². The Labute approximate surface area is 135 Å². The SMILES string of the molecule is O=C1NC2(CCCC2)C(=O)N1CC(=O)N1C2CCNCC1CC2. The highest BCUT2D eigenvalue weighted by molar-refractivity contribution is 6.09. The van der Waals surface area contributed by atoms with Crippen LogP contribution in [0.4, 0.5) is 4.79 Å². The Hall–Kier alpha value is -1.63. The molecule has 3 saturated heterocycles. The number of nitrogens with zero attached hydrogens (tertiary/aromatic N) is 2. The summed E-state index contributed by atoms with van der Waals surface area (Å²) in [5.74, 6) is -0.284. The Morgan fingerprint density at radius 1 is 1.13 bits per heavy atom. The number of carbonyl (C=O) groups excluding carboxylic acids is 3. The molecule has 3 heterocycles. The third-order valence-corrected chi connectivity index (χ3v) is 5.94. The Balaban J connectivity index is 1.48. The van der Waals surface area contributed by atoms with Gasteiger partial charge in [-0.05, 0) is 38.6 Å². The monoisotopic (exact) mass is 320 g/mol. The van der Waals surface area contributed by atoms with Crippen LogP contribution in [0.15, 0.2) is 0 Å². The van der Waals surface area contributed by atoms with E-state index in [0.29, 0.717) is 12.8 Å². The van der Waals surface area contributed by atoms with E-state index in [2.05, 4.69) is 10.6 Å². The van der Waals surface area contributed by atoms with Crippen molar-refractivity contribution in [2.24, 2.45) is 0 Å². The highest BCUT2D eigenvalue weighted by Crippen LogP contribution is 2.35. The Morgan fingerprint density at radius 2 is 1.87 bits per heavy atom. The van der Waals surface area contributed by atoms with Crippen molar-refractivity contribution in [3.05, 3.63) is 0 Å². The van der Waals surface area contributed by atoms with Gasteiger partial charge in [0.1, 0.15) is 12.1 Å². The number of nitrogens with one attached hydrogen (secondary N) is 2. The Kier molecular flexibility index (Phi) is 3.55. The Morgan fingerprint density at radius 3 is 2.65 bits per heavy atom. The van der Waals surface area contributed by atoms with Crippen LogP contribution in [-0.4, -0.2) is 64.9 Å². The van der Waals surface area contributed by atoms with Crippen LogP contribution in [-0.2, 0) is 9.59 Å². The molecule has 4 aliphatic rings. The van der Waals surface area contributed by atoms with Crippen molar-refractivity contribution < 1.29 is 14.4 Å². The zero-order valence-electron chi connectivity index (χ0n) is 13.3. The molecule has 2 unspecified atom stereocenters. The van der Waals surface area contributed by atoms with Crippen molar-refractivity contribution in [1.82, 2.24) is 20.4 Å². The fourth-order valence-corrected chi connectivity index (χ4v) is 4.74. The van der Waals surface area contributed by atoms with Crippen LogP contribution in [0.5, 0.6) is 0 Å². The van der Waals surface area contributed by atoms with Crippen molar-refractivity contribution in [2.75, 3.05) is 19.6 Å². The van der Waals surface area contributed by atoms with E-state index in [0.717, 1.165) is 50.1 Å². The van der Waals surface area contributed by atoms with Gasteiger partial charge in [-0.1, -0.05) is 12.8 Å². The molecular formula is C16H24N4O3. The van der Waals surface area contributed by atoms with Crippen LogP contribution >= 0.6 is 0 Å². The molecule has 2 atom stereocenters. The average Bonchev–Trinajstić information content (AvgIpc) is 3.13. The second kappa shape index (κ2) is 5.47. The predicted octanol–water partition coefficient (Wildman–Crippen LogP) is 0.204. The van der Waals surface area contributed by atoms with Crippen LogP contribution < -0.4 is 10.6 Å². The first kappa shape index (κ1) is 14.9. The van der Waals surface area contributed by atoms with Crippen molar-refractivity contribution in [3.63, 3.8) is 0 Å². The van der Waals surface area contributed by atoms with E-state index in [-0.39, 0.29) is 30.4 Å². The van der Waals surface area contributed by atoms with Crippen molar-refractivity contribution in [3.8, 4) is 0 Å². The fourth-order valence-electron chi connectivity index (χ4n) is 4.74. The maximum absolute atomic E-state index is 12.8. The fraction of sp³-hybridized carbons (Fsp3) is 0.812. The topological polar surface area (TPSA) is 81.8 Å². The molecule has 2 N–H and O–H groups in total. The molecule has 126 valence electrons. The van der Waals surface area contributed by atoms with Gasteiger partial charge in [-0.2, -0.15) is 0 Å². The molecule has 0 aromatic rings. The molecule has 2 bridgehead atoms. The third-order valence-electron chi connectivity index (χ3n) is 5.94. The van der Waals surface area contributed by atoms with E-state index in [4.69, 9.17) is 0 Å². The van der Waals surface area contributed by atoms with Gasteiger partial charge in [0.25, 0.3) is 5.91 Å². The third kappa shape index (κ3) is 2.33. The zero-order valence-corrected chi connectivity index (χ0v) is 13.3. The molecule has 0 aromatic heterocycles. The quantitative estimate of drug-likeness (QED) is 0.712. The van der Waals surface area contributed by atoms with Gasteiger partial charge in [0.05, 0.1) is 0 Å².